The zero-order chi connectivity index (χ0) is 23.2. The molecule has 0 fully saturated rings. The number of hydrogen-bond donors (Lipinski definition) is 2. The number of aryl methyl sites for hydroxylation is 3. The fourth-order valence-corrected chi connectivity index (χ4v) is 4.17. The third kappa shape index (κ3) is 4.03. The molecule has 1 aliphatic rings. The Kier molecular flexibility index (Phi) is 5.37. The van der Waals surface area contributed by atoms with Gasteiger partial charge in [-0.2, -0.15) is 5.10 Å². The number of benzene rings is 1. The number of carbonyl (C=O) groups is 1. The summed E-state index contributed by atoms with van der Waals surface area (Å²) in [6, 6.07) is 3.97. The Balaban J connectivity index is 1.73. The van der Waals surface area contributed by atoms with Crippen LogP contribution in [0.2, 0.25) is 0 Å². The van der Waals surface area contributed by atoms with Crippen molar-refractivity contribution >= 4 is 17.4 Å². The highest BCUT2D eigenvalue weighted by molar-refractivity contribution is 6.10. The lowest BCUT2D eigenvalue weighted by Crippen LogP contribution is -2.33. The molecule has 3 heterocycles. The molecule has 1 amide bonds. The Hall–Kier alpha value is -3.46. The van der Waals surface area contributed by atoms with Crippen LogP contribution in [0.5, 0.6) is 5.88 Å². The number of amides is 1. The van der Waals surface area contributed by atoms with Crippen molar-refractivity contribution in [1.29, 1.82) is 0 Å². The Bertz CT molecular complexity index is 1170. The van der Waals surface area contributed by atoms with Gasteiger partial charge >= 0.3 is 0 Å². The van der Waals surface area contributed by atoms with E-state index in [-0.39, 0.29) is 23.2 Å². The van der Waals surface area contributed by atoms with Gasteiger partial charge in [-0.25, -0.2) is 9.97 Å². The van der Waals surface area contributed by atoms with Crippen LogP contribution in [0.4, 0.5) is 11.5 Å². The van der Waals surface area contributed by atoms with Crippen LogP contribution < -0.4 is 15.4 Å². The first-order valence-corrected chi connectivity index (χ1v) is 10.5. The minimum absolute atomic E-state index is 0.104. The van der Waals surface area contributed by atoms with Crippen molar-refractivity contribution in [3.63, 3.8) is 0 Å². The van der Waals surface area contributed by atoms with Crippen LogP contribution in [0.1, 0.15) is 41.0 Å². The molecule has 0 spiro atoms. The maximum atomic E-state index is 13.3. The molecule has 0 unspecified atom stereocenters. The SMILES string of the molecule is Cc1cc(N2CCOc3ncnc(N)c3C2=O)cc(C)c1-c1cn(CC(C)(C)O)nc1C. The molecule has 9 heteroatoms. The highest BCUT2D eigenvalue weighted by Gasteiger charge is 2.29. The zero-order valence-corrected chi connectivity index (χ0v) is 19.0. The van der Waals surface area contributed by atoms with E-state index in [4.69, 9.17) is 10.5 Å². The molecule has 0 bridgehead atoms. The van der Waals surface area contributed by atoms with E-state index in [1.54, 1.807) is 23.4 Å². The molecule has 0 saturated carbocycles. The summed E-state index contributed by atoms with van der Waals surface area (Å²) in [6.07, 6.45) is 3.25. The molecule has 2 aromatic heterocycles. The molecular formula is C23H28N6O3. The fourth-order valence-electron chi connectivity index (χ4n) is 4.17. The van der Waals surface area contributed by atoms with Gasteiger partial charge in [0.15, 0.2) is 0 Å². The van der Waals surface area contributed by atoms with Crippen LogP contribution in [0.15, 0.2) is 24.7 Å². The standard InChI is InChI=1S/C23H28N6O3/c1-13-8-16(29-6-7-32-21-19(22(29)30)20(24)25-12-26-21)9-14(2)18(13)17-10-28(27-15(17)3)11-23(4,5)31/h8-10,12,31H,6-7,11H2,1-5H3,(H2,24,25,26). The second kappa shape index (κ2) is 7.90. The molecule has 1 aromatic carbocycles. The van der Waals surface area contributed by atoms with Crippen LogP contribution in [-0.4, -0.2) is 49.5 Å². The molecule has 3 N–H and O–H groups in total. The highest BCUT2D eigenvalue weighted by atomic mass is 16.5. The Morgan fingerprint density at radius 2 is 1.84 bits per heavy atom. The molecule has 3 aromatic rings. The number of ether oxygens (including phenoxy) is 1. The van der Waals surface area contributed by atoms with Gasteiger partial charge in [-0.15, -0.1) is 0 Å². The van der Waals surface area contributed by atoms with Gasteiger partial charge in [0, 0.05) is 17.4 Å². The molecule has 1 aliphatic heterocycles. The van der Waals surface area contributed by atoms with E-state index in [1.165, 1.54) is 6.33 Å². The van der Waals surface area contributed by atoms with E-state index < -0.39 is 5.60 Å². The average molecular weight is 437 g/mol. The Morgan fingerprint density at radius 3 is 2.50 bits per heavy atom. The number of hydrogen-bond acceptors (Lipinski definition) is 7. The van der Waals surface area contributed by atoms with Crippen LogP contribution in [0.25, 0.3) is 11.1 Å². The summed E-state index contributed by atoms with van der Waals surface area (Å²) in [7, 11) is 0. The molecule has 0 atom stereocenters. The summed E-state index contributed by atoms with van der Waals surface area (Å²) in [5, 5.41) is 14.7. The zero-order valence-electron chi connectivity index (χ0n) is 19.0. The first-order valence-electron chi connectivity index (χ1n) is 10.5. The van der Waals surface area contributed by atoms with Crippen molar-refractivity contribution in [2.24, 2.45) is 0 Å². The second-order valence-electron chi connectivity index (χ2n) is 8.84. The summed E-state index contributed by atoms with van der Waals surface area (Å²) in [5.74, 6) is 0.0352. The van der Waals surface area contributed by atoms with E-state index in [1.807, 2.05) is 39.1 Å². The summed E-state index contributed by atoms with van der Waals surface area (Å²) in [4.78, 5) is 22.9. The van der Waals surface area contributed by atoms with Crippen molar-refractivity contribution in [1.82, 2.24) is 19.7 Å². The van der Waals surface area contributed by atoms with Gasteiger partial charge in [-0.05, 0) is 63.4 Å². The topological polar surface area (TPSA) is 119 Å². The quantitative estimate of drug-likeness (QED) is 0.645. The minimum Gasteiger partial charge on any atom is -0.475 e. The second-order valence-corrected chi connectivity index (χ2v) is 8.84. The van der Waals surface area contributed by atoms with Gasteiger partial charge in [0.25, 0.3) is 5.91 Å². The lowest BCUT2D eigenvalue weighted by atomic mass is 9.95. The monoisotopic (exact) mass is 436 g/mol. The number of nitrogens with zero attached hydrogens (tertiary/aromatic N) is 5. The number of fused-ring (bicyclic) bond motifs is 1. The number of rotatable bonds is 4. The van der Waals surface area contributed by atoms with E-state index >= 15 is 0 Å². The average Bonchev–Trinajstić information content (AvgIpc) is 2.91. The number of aromatic nitrogens is 4. The first-order chi connectivity index (χ1) is 15.0. The Labute approximate surface area is 186 Å². The summed E-state index contributed by atoms with van der Waals surface area (Å²) in [6.45, 7) is 10.6. The van der Waals surface area contributed by atoms with E-state index in [9.17, 15) is 9.90 Å². The summed E-state index contributed by atoms with van der Waals surface area (Å²) < 4.78 is 7.41. The van der Waals surface area contributed by atoms with E-state index in [0.29, 0.717) is 19.7 Å². The van der Waals surface area contributed by atoms with Gasteiger partial charge < -0.3 is 20.5 Å². The normalized spacial score (nSPS) is 14.2. The number of aliphatic hydroxyl groups is 1. The number of carbonyl (C=O) groups excluding carboxylic acids is 1. The highest BCUT2D eigenvalue weighted by Crippen LogP contribution is 2.35. The van der Waals surface area contributed by atoms with E-state index in [2.05, 4.69) is 15.1 Å². The summed E-state index contributed by atoms with van der Waals surface area (Å²) in [5.41, 5.74) is 11.0. The maximum absolute atomic E-state index is 13.3. The largest absolute Gasteiger partial charge is 0.475 e. The van der Waals surface area contributed by atoms with Crippen molar-refractivity contribution < 1.29 is 14.6 Å². The third-order valence-electron chi connectivity index (χ3n) is 5.45. The molecule has 0 radical (unpaired) electrons. The van der Waals surface area contributed by atoms with Gasteiger partial charge in [0.2, 0.25) is 5.88 Å². The van der Waals surface area contributed by atoms with Crippen LogP contribution >= 0.6 is 0 Å². The van der Waals surface area contributed by atoms with Gasteiger partial charge in [0.1, 0.15) is 24.3 Å². The maximum Gasteiger partial charge on any atom is 0.267 e. The van der Waals surface area contributed by atoms with Crippen molar-refractivity contribution in [2.75, 3.05) is 23.8 Å². The smallest absolute Gasteiger partial charge is 0.267 e. The van der Waals surface area contributed by atoms with Crippen LogP contribution in [0.3, 0.4) is 0 Å². The number of anilines is 2. The number of nitrogen functional groups attached to an aromatic ring is 1. The van der Waals surface area contributed by atoms with Crippen molar-refractivity contribution in [2.45, 2.75) is 46.8 Å². The van der Waals surface area contributed by atoms with Gasteiger partial charge in [0.05, 0.1) is 24.4 Å². The van der Waals surface area contributed by atoms with Gasteiger partial charge in [-0.1, -0.05) is 0 Å². The molecule has 168 valence electrons. The van der Waals surface area contributed by atoms with Crippen LogP contribution in [0, 0.1) is 20.8 Å². The molecule has 0 aliphatic carbocycles. The molecule has 0 saturated heterocycles. The van der Waals surface area contributed by atoms with Crippen molar-refractivity contribution in [3.8, 4) is 17.0 Å². The number of nitrogens with two attached hydrogens (primary N) is 1. The third-order valence-corrected chi connectivity index (χ3v) is 5.45. The minimum atomic E-state index is -0.860. The lowest BCUT2D eigenvalue weighted by Gasteiger charge is -2.23. The predicted octanol–water partition coefficient (Wildman–Crippen LogP) is 2.66. The van der Waals surface area contributed by atoms with Gasteiger partial charge in [-0.3, -0.25) is 9.48 Å². The molecule has 9 nitrogen and oxygen atoms in total. The first kappa shape index (κ1) is 21.8. The van der Waals surface area contributed by atoms with E-state index in [0.717, 1.165) is 33.6 Å². The molecule has 32 heavy (non-hydrogen) atoms. The molecule has 4 rings (SSSR count). The molecular weight excluding hydrogens is 408 g/mol. The predicted molar refractivity (Wildman–Crippen MR) is 122 cm³/mol. The Morgan fingerprint density at radius 1 is 1.16 bits per heavy atom. The fraction of sp³-hybridized carbons (Fsp3) is 0.391. The summed E-state index contributed by atoms with van der Waals surface area (Å²) >= 11 is 0. The van der Waals surface area contributed by atoms with Crippen LogP contribution in [-0.2, 0) is 6.54 Å². The lowest BCUT2D eigenvalue weighted by molar-refractivity contribution is 0.0577. The van der Waals surface area contributed by atoms with Crippen molar-refractivity contribution in [3.05, 3.63) is 47.0 Å².